The Morgan fingerprint density at radius 1 is 1.07 bits per heavy atom. The Hall–Kier alpha value is -3.75. The van der Waals surface area contributed by atoms with Gasteiger partial charge in [-0.3, -0.25) is 9.78 Å². The lowest BCUT2D eigenvalue weighted by Crippen LogP contribution is -2.52. The largest absolute Gasteiger partial charge is 0.484 e. The first-order valence-corrected chi connectivity index (χ1v) is 13.8. The number of halogens is 3. The minimum atomic E-state index is -4.88. The Kier molecular flexibility index (Phi) is 8.91. The van der Waals surface area contributed by atoms with Gasteiger partial charge in [0.1, 0.15) is 17.6 Å². The number of piperazine rings is 1. The molecule has 0 radical (unpaired) electrons. The number of nitrogens with zero attached hydrogens (tertiary/aromatic N) is 4. The topological polar surface area (TPSA) is 114 Å². The molecule has 2 aromatic heterocycles. The van der Waals surface area contributed by atoms with Crippen molar-refractivity contribution in [3.63, 3.8) is 0 Å². The van der Waals surface area contributed by atoms with Crippen molar-refractivity contribution in [1.29, 1.82) is 0 Å². The quantitative estimate of drug-likeness (QED) is 0.404. The Morgan fingerprint density at radius 2 is 1.82 bits per heavy atom. The second-order valence-corrected chi connectivity index (χ2v) is 10.7. The summed E-state index contributed by atoms with van der Waals surface area (Å²) in [5, 5.41) is 0. The smallest absolute Gasteiger partial charge is 0.419 e. The number of pyridine rings is 2. The highest BCUT2D eigenvalue weighted by Gasteiger charge is 2.36. The standard InChI is InChI=1S/C26H28F3N5O5S/c1-3-22(21-9-8-19(17-31-21)38-24-6-4-5-11-30-24)39-23-10-7-18(16-20(23)26(27,28)29)25(35)32-40(36,37)34-14-12-33(2)13-15-34/h4-11,16-17,22H,3,12-15H2,1-2H3,(H,32,35). The zero-order valence-corrected chi connectivity index (χ0v) is 22.6. The van der Waals surface area contributed by atoms with Crippen LogP contribution < -0.4 is 14.2 Å². The number of carbonyl (C=O) groups excluding carboxylic acids is 1. The number of benzene rings is 1. The third-order valence-electron chi connectivity index (χ3n) is 6.16. The molecule has 1 aliphatic heterocycles. The molecule has 40 heavy (non-hydrogen) atoms. The molecule has 3 aromatic rings. The molecule has 214 valence electrons. The molecule has 0 saturated carbocycles. The van der Waals surface area contributed by atoms with Crippen LogP contribution in [-0.2, 0) is 16.4 Å². The molecule has 0 bridgehead atoms. The zero-order chi connectivity index (χ0) is 28.9. The first kappa shape index (κ1) is 29.2. The molecule has 3 heterocycles. The van der Waals surface area contributed by atoms with Crippen LogP contribution in [0.5, 0.6) is 17.4 Å². The van der Waals surface area contributed by atoms with Crippen molar-refractivity contribution in [2.75, 3.05) is 33.2 Å². The molecule has 1 amide bonds. The van der Waals surface area contributed by atoms with Crippen LogP contribution in [0.3, 0.4) is 0 Å². The Morgan fingerprint density at radius 3 is 2.42 bits per heavy atom. The second-order valence-electron chi connectivity index (χ2n) is 9.05. The first-order valence-electron chi connectivity index (χ1n) is 12.4. The van der Waals surface area contributed by atoms with Gasteiger partial charge in [0.25, 0.3) is 5.91 Å². The molecule has 4 rings (SSSR count). The number of ether oxygens (including phenoxy) is 2. The minimum absolute atomic E-state index is 0.155. The van der Waals surface area contributed by atoms with Crippen LogP contribution >= 0.6 is 0 Å². The van der Waals surface area contributed by atoms with E-state index in [0.29, 0.717) is 36.5 Å². The number of alkyl halides is 3. The number of aromatic nitrogens is 2. The average Bonchev–Trinajstić information content (AvgIpc) is 2.92. The molecular formula is C26H28F3N5O5S. The predicted molar refractivity (Wildman–Crippen MR) is 139 cm³/mol. The summed E-state index contributed by atoms with van der Waals surface area (Å²) >= 11 is 0. The molecule has 0 spiro atoms. The van der Waals surface area contributed by atoms with Gasteiger partial charge in [-0.05, 0) is 49.9 Å². The molecule has 10 nitrogen and oxygen atoms in total. The second kappa shape index (κ2) is 12.2. The van der Waals surface area contributed by atoms with Crippen LogP contribution in [0.4, 0.5) is 13.2 Å². The normalized spacial score (nSPS) is 15.8. The van der Waals surface area contributed by atoms with Gasteiger partial charge in [-0.25, -0.2) is 9.71 Å². The van der Waals surface area contributed by atoms with Crippen molar-refractivity contribution < 1.29 is 35.9 Å². The highest BCUT2D eigenvalue weighted by atomic mass is 32.2. The van der Waals surface area contributed by atoms with E-state index in [4.69, 9.17) is 9.47 Å². The molecule has 1 unspecified atom stereocenters. The van der Waals surface area contributed by atoms with Gasteiger partial charge in [0.2, 0.25) is 5.88 Å². The van der Waals surface area contributed by atoms with Gasteiger partial charge in [-0.2, -0.15) is 25.9 Å². The molecule has 1 aliphatic rings. The van der Waals surface area contributed by atoms with E-state index >= 15 is 0 Å². The molecule has 0 aliphatic carbocycles. The van der Waals surface area contributed by atoms with Crippen LogP contribution in [0.15, 0.2) is 60.9 Å². The minimum Gasteiger partial charge on any atom is -0.484 e. The summed E-state index contributed by atoms with van der Waals surface area (Å²) in [5.74, 6) is -0.951. The van der Waals surface area contributed by atoms with Crippen molar-refractivity contribution in [2.24, 2.45) is 0 Å². The van der Waals surface area contributed by atoms with Gasteiger partial charge >= 0.3 is 16.4 Å². The van der Waals surface area contributed by atoms with Crippen molar-refractivity contribution in [1.82, 2.24) is 23.9 Å². The average molecular weight is 580 g/mol. The van der Waals surface area contributed by atoms with Gasteiger partial charge < -0.3 is 14.4 Å². The first-order chi connectivity index (χ1) is 19.0. The van der Waals surface area contributed by atoms with E-state index in [1.807, 2.05) is 16.7 Å². The predicted octanol–water partition coefficient (Wildman–Crippen LogP) is 4.04. The van der Waals surface area contributed by atoms with Crippen molar-refractivity contribution in [3.05, 3.63) is 77.7 Å². The van der Waals surface area contributed by atoms with Crippen LogP contribution in [-0.4, -0.2) is 66.7 Å². The molecule has 1 aromatic carbocycles. The monoisotopic (exact) mass is 579 g/mol. The van der Waals surface area contributed by atoms with Crippen molar-refractivity contribution in [3.8, 4) is 17.4 Å². The molecule has 1 N–H and O–H groups in total. The third-order valence-corrected chi connectivity index (χ3v) is 7.65. The Labute approximate surface area is 229 Å². The van der Waals surface area contributed by atoms with Gasteiger partial charge in [-0.15, -0.1) is 0 Å². The zero-order valence-electron chi connectivity index (χ0n) is 21.8. The van der Waals surface area contributed by atoms with Crippen LogP contribution in [0, 0.1) is 0 Å². The fourth-order valence-corrected chi connectivity index (χ4v) is 5.07. The molecule has 1 fully saturated rings. The lowest BCUT2D eigenvalue weighted by atomic mass is 10.1. The van der Waals surface area contributed by atoms with E-state index in [1.54, 1.807) is 43.5 Å². The molecule has 1 saturated heterocycles. The van der Waals surface area contributed by atoms with E-state index in [-0.39, 0.29) is 19.5 Å². The Balaban J connectivity index is 1.50. The van der Waals surface area contributed by atoms with E-state index in [9.17, 15) is 26.4 Å². The lowest BCUT2D eigenvalue weighted by molar-refractivity contribution is -0.139. The SMILES string of the molecule is CCC(Oc1ccc(C(=O)NS(=O)(=O)N2CCN(C)CC2)cc1C(F)(F)F)c1ccc(Oc2ccccn2)cn1. The molecule has 1 atom stereocenters. The van der Waals surface area contributed by atoms with Gasteiger partial charge in [0, 0.05) is 44.0 Å². The summed E-state index contributed by atoms with van der Waals surface area (Å²) in [6.45, 7) is 2.97. The van der Waals surface area contributed by atoms with Crippen molar-refractivity contribution in [2.45, 2.75) is 25.6 Å². The summed E-state index contributed by atoms with van der Waals surface area (Å²) in [5.41, 5.74) is -1.32. The van der Waals surface area contributed by atoms with Crippen molar-refractivity contribution >= 4 is 16.1 Å². The fourth-order valence-electron chi connectivity index (χ4n) is 3.94. The number of hydrogen-bond donors (Lipinski definition) is 1. The van der Waals surface area contributed by atoms with Crippen LogP contribution in [0.25, 0.3) is 0 Å². The maximum atomic E-state index is 14.0. The fraction of sp³-hybridized carbons (Fsp3) is 0.346. The Bertz CT molecular complexity index is 1410. The maximum absolute atomic E-state index is 14.0. The van der Waals surface area contributed by atoms with E-state index < -0.39 is 45.3 Å². The number of hydrogen-bond acceptors (Lipinski definition) is 8. The summed E-state index contributed by atoms with van der Waals surface area (Å²) in [7, 11) is -2.39. The highest BCUT2D eigenvalue weighted by Crippen LogP contribution is 2.39. The number of nitrogens with one attached hydrogen (secondary N) is 1. The summed E-state index contributed by atoms with van der Waals surface area (Å²) in [4.78, 5) is 22.9. The summed E-state index contributed by atoms with van der Waals surface area (Å²) in [6, 6.07) is 11.0. The number of rotatable bonds is 9. The number of carbonyl (C=O) groups is 1. The maximum Gasteiger partial charge on any atom is 0.419 e. The van der Waals surface area contributed by atoms with Crippen LogP contribution in [0.2, 0.25) is 0 Å². The molecular weight excluding hydrogens is 551 g/mol. The summed E-state index contributed by atoms with van der Waals surface area (Å²) in [6.07, 6.45) is -2.46. The van der Waals surface area contributed by atoms with Gasteiger partial charge in [-0.1, -0.05) is 13.0 Å². The van der Waals surface area contributed by atoms with E-state index in [0.717, 1.165) is 16.4 Å². The summed E-state index contributed by atoms with van der Waals surface area (Å²) < 4.78 is 81.4. The number of amides is 1. The molecule has 14 heteroatoms. The van der Waals surface area contributed by atoms with Gasteiger partial charge in [0.15, 0.2) is 0 Å². The third kappa shape index (κ3) is 7.25. The van der Waals surface area contributed by atoms with E-state index in [1.165, 1.54) is 6.20 Å². The van der Waals surface area contributed by atoms with Gasteiger partial charge in [0.05, 0.1) is 17.5 Å². The van der Waals surface area contributed by atoms with Crippen LogP contribution in [0.1, 0.15) is 41.1 Å². The number of likely N-dealkylation sites (N-methyl/N-ethyl adjacent to an activating group) is 1. The van der Waals surface area contributed by atoms with E-state index in [2.05, 4.69) is 9.97 Å². The lowest BCUT2D eigenvalue weighted by Gasteiger charge is -2.31. The highest BCUT2D eigenvalue weighted by molar-refractivity contribution is 7.87.